The average Bonchev–Trinajstić information content (AvgIpc) is 2.02. The Morgan fingerprint density at radius 3 is 1.12 bits per heavy atom. The summed E-state index contributed by atoms with van der Waals surface area (Å²) in [5.41, 5.74) is -2.67. The van der Waals surface area contributed by atoms with Crippen molar-refractivity contribution in [3.05, 3.63) is 0 Å². The van der Waals surface area contributed by atoms with Gasteiger partial charge in [0, 0.05) is 17.1 Å². The molecule has 0 aromatic carbocycles. The summed E-state index contributed by atoms with van der Waals surface area (Å²) in [6.45, 7) is 2.51. The molecule has 16 heavy (non-hydrogen) atoms. The molecule has 90 valence electrons. The molecule has 0 amide bonds. The Bertz CT molecular complexity index is 334. The molecule has 0 spiro atoms. The van der Waals surface area contributed by atoms with Gasteiger partial charge in [0.1, 0.15) is 0 Å². The second-order valence-electron chi connectivity index (χ2n) is 3.05. The van der Waals surface area contributed by atoms with E-state index in [2.05, 4.69) is 0 Å². The largest absolute Gasteiger partial charge is 0.475 e. The van der Waals surface area contributed by atoms with Crippen molar-refractivity contribution < 1.29 is 46.1 Å². The molecule has 0 rings (SSSR count). The SMILES string of the molecule is CC(=O)C(C(C)=O)(C(C)=O)C(=O)C(=O)O.[Fe]. The Hall–Kier alpha value is -1.33. The first-order chi connectivity index (χ1) is 6.68. The van der Waals surface area contributed by atoms with Crippen molar-refractivity contribution in [2.75, 3.05) is 0 Å². The van der Waals surface area contributed by atoms with Gasteiger partial charge in [-0.1, -0.05) is 0 Å². The Labute approximate surface area is 102 Å². The van der Waals surface area contributed by atoms with E-state index in [-0.39, 0.29) is 17.1 Å². The molecule has 0 aliphatic heterocycles. The Balaban J connectivity index is 0. The number of hydrogen-bond donors (Lipinski definition) is 1. The van der Waals surface area contributed by atoms with Crippen LogP contribution in [0, 0.1) is 5.41 Å². The molecule has 0 radical (unpaired) electrons. The maximum atomic E-state index is 11.2. The van der Waals surface area contributed by atoms with Gasteiger partial charge in [-0.2, -0.15) is 0 Å². The number of carbonyl (C=O) groups excluding carboxylic acids is 4. The fourth-order valence-electron chi connectivity index (χ4n) is 1.38. The van der Waals surface area contributed by atoms with E-state index in [0.29, 0.717) is 0 Å². The van der Waals surface area contributed by atoms with Gasteiger partial charge in [0.2, 0.25) is 5.41 Å². The first-order valence-electron chi connectivity index (χ1n) is 3.99. The van der Waals surface area contributed by atoms with Crippen molar-refractivity contribution in [3.63, 3.8) is 0 Å². The number of ketones is 4. The minimum absolute atomic E-state index is 0. The van der Waals surface area contributed by atoms with Gasteiger partial charge < -0.3 is 5.11 Å². The van der Waals surface area contributed by atoms with Crippen LogP contribution in [0.5, 0.6) is 0 Å². The number of carboxylic acid groups (broad SMARTS) is 1. The number of rotatable bonds is 5. The standard InChI is InChI=1S/C9H10O6.Fe/c1-4(10)9(5(2)11,6(3)12)7(13)8(14)15;/h1-3H3,(H,14,15);. The molecule has 0 atom stereocenters. The van der Waals surface area contributed by atoms with Gasteiger partial charge in [0.15, 0.2) is 17.3 Å². The van der Waals surface area contributed by atoms with Crippen LogP contribution in [0.25, 0.3) is 0 Å². The fourth-order valence-corrected chi connectivity index (χ4v) is 1.38. The molecular formula is C9H10FeO6. The van der Waals surface area contributed by atoms with E-state index in [1.807, 2.05) is 0 Å². The monoisotopic (exact) mass is 270 g/mol. The smallest absolute Gasteiger partial charge is 0.374 e. The summed E-state index contributed by atoms with van der Waals surface area (Å²) in [6.07, 6.45) is 0. The molecule has 0 fully saturated rings. The van der Waals surface area contributed by atoms with Crippen molar-refractivity contribution >= 4 is 29.1 Å². The Kier molecular flexibility index (Phi) is 6.05. The predicted octanol–water partition coefficient (Wildman–Crippen LogP) is -0.609. The molecule has 0 aromatic rings. The van der Waals surface area contributed by atoms with Crippen LogP contribution in [0.1, 0.15) is 20.8 Å². The molecule has 0 saturated carbocycles. The zero-order chi connectivity index (χ0) is 12.4. The third-order valence-electron chi connectivity index (χ3n) is 2.12. The van der Waals surface area contributed by atoms with Crippen LogP contribution in [0.4, 0.5) is 0 Å². The van der Waals surface area contributed by atoms with Crippen LogP contribution < -0.4 is 0 Å². The van der Waals surface area contributed by atoms with E-state index in [9.17, 15) is 24.0 Å². The summed E-state index contributed by atoms with van der Waals surface area (Å²) < 4.78 is 0. The van der Waals surface area contributed by atoms with E-state index in [1.54, 1.807) is 0 Å². The van der Waals surface area contributed by atoms with Gasteiger partial charge in [-0.3, -0.25) is 19.2 Å². The Morgan fingerprint density at radius 1 is 0.812 bits per heavy atom. The van der Waals surface area contributed by atoms with Gasteiger partial charge in [0.25, 0.3) is 5.78 Å². The molecule has 0 heterocycles. The van der Waals surface area contributed by atoms with Crippen molar-refractivity contribution in [1.82, 2.24) is 0 Å². The molecule has 1 N–H and O–H groups in total. The second kappa shape index (κ2) is 5.67. The summed E-state index contributed by atoms with van der Waals surface area (Å²) in [6, 6.07) is 0. The summed E-state index contributed by atoms with van der Waals surface area (Å²) in [7, 11) is 0. The van der Waals surface area contributed by atoms with Crippen molar-refractivity contribution in [1.29, 1.82) is 0 Å². The molecule has 0 aliphatic carbocycles. The van der Waals surface area contributed by atoms with E-state index in [4.69, 9.17) is 5.11 Å². The third kappa shape index (κ3) is 2.43. The van der Waals surface area contributed by atoms with Gasteiger partial charge >= 0.3 is 5.97 Å². The third-order valence-corrected chi connectivity index (χ3v) is 2.12. The summed E-state index contributed by atoms with van der Waals surface area (Å²) in [5.74, 6) is -6.90. The van der Waals surface area contributed by atoms with Gasteiger partial charge in [-0.25, -0.2) is 4.79 Å². The van der Waals surface area contributed by atoms with E-state index >= 15 is 0 Å². The number of carboxylic acids is 1. The van der Waals surface area contributed by atoms with Crippen molar-refractivity contribution in [2.45, 2.75) is 20.8 Å². The number of carbonyl (C=O) groups is 5. The maximum Gasteiger partial charge on any atom is 0.374 e. The van der Waals surface area contributed by atoms with Crippen LogP contribution in [0.3, 0.4) is 0 Å². The maximum absolute atomic E-state index is 11.2. The summed E-state index contributed by atoms with van der Waals surface area (Å²) in [4.78, 5) is 55.2. The number of hydrogen-bond acceptors (Lipinski definition) is 5. The van der Waals surface area contributed by atoms with Crippen LogP contribution >= 0.6 is 0 Å². The first kappa shape index (κ1) is 17.1. The van der Waals surface area contributed by atoms with Crippen LogP contribution in [-0.2, 0) is 41.0 Å². The van der Waals surface area contributed by atoms with E-state index < -0.39 is 34.5 Å². The molecule has 6 nitrogen and oxygen atoms in total. The molecule has 0 aliphatic rings. The van der Waals surface area contributed by atoms with Crippen LogP contribution in [-0.4, -0.2) is 34.2 Å². The van der Waals surface area contributed by atoms with Gasteiger partial charge in [-0.15, -0.1) is 0 Å². The van der Waals surface area contributed by atoms with Crippen LogP contribution in [0.2, 0.25) is 0 Å². The van der Waals surface area contributed by atoms with E-state index in [0.717, 1.165) is 20.8 Å². The summed E-state index contributed by atoms with van der Waals surface area (Å²) >= 11 is 0. The van der Waals surface area contributed by atoms with E-state index in [1.165, 1.54) is 0 Å². The molecule has 0 bridgehead atoms. The average molecular weight is 270 g/mol. The second-order valence-corrected chi connectivity index (χ2v) is 3.05. The zero-order valence-corrected chi connectivity index (χ0v) is 9.95. The van der Waals surface area contributed by atoms with Crippen molar-refractivity contribution in [2.24, 2.45) is 5.41 Å². The number of Topliss-reactive ketones (excluding diaryl/α,β-unsaturated/α-hetero) is 4. The molecular weight excluding hydrogens is 260 g/mol. The molecule has 7 heteroatoms. The number of aliphatic carboxylic acids is 1. The van der Waals surface area contributed by atoms with Gasteiger partial charge in [0.05, 0.1) is 0 Å². The van der Waals surface area contributed by atoms with Gasteiger partial charge in [-0.05, 0) is 20.8 Å². The first-order valence-corrected chi connectivity index (χ1v) is 3.99. The minimum atomic E-state index is -2.67. The predicted molar refractivity (Wildman–Crippen MR) is 47.1 cm³/mol. The van der Waals surface area contributed by atoms with Crippen LogP contribution in [0.15, 0.2) is 0 Å². The Morgan fingerprint density at radius 2 is 1.06 bits per heavy atom. The molecule has 0 unspecified atom stereocenters. The summed E-state index contributed by atoms with van der Waals surface area (Å²) in [5, 5.41) is 8.46. The van der Waals surface area contributed by atoms with Crippen molar-refractivity contribution in [3.8, 4) is 0 Å². The quantitative estimate of drug-likeness (QED) is 0.406. The topological polar surface area (TPSA) is 106 Å². The minimum Gasteiger partial charge on any atom is -0.475 e. The molecule has 0 aromatic heterocycles. The zero-order valence-electron chi connectivity index (χ0n) is 8.84. The fraction of sp³-hybridized carbons (Fsp3) is 0.444. The molecule has 0 saturated heterocycles. The normalized spacial score (nSPS) is 9.94.